The third-order valence-corrected chi connectivity index (χ3v) is 3.67. The van der Waals surface area contributed by atoms with Crippen LogP contribution in [-0.4, -0.2) is 45.6 Å². The number of rotatable bonds is 7. The van der Waals surface area contributed by atoms with E-state index in [0.717, 1.165) is 0 Å². The highest BCUT2D eigenvalue weighted by molar-refractivity contribution is 5.78. The molecule has 0 aromatic carbocycles. The molecule has 20 heavy (non-hydrogen) atoms. The Kier molecular flexibility index (Phi) is 5.54. The highest BCUT2D eigenvalue weighted by atomic mass is 16.4. The van der Waals surface area contributed by atoms with Gasteiger partial charge in [-0.2, -0.15) is 0 Å². The number of hydrogen-bond donors (Lipinski definition) is 3. The molecular weight excluding hydrogens is 260 g/mol. The van der Waals surface area contributed by atoms with Crippen molar-refractivity contribution in [3.05, 3.63) is 18.2 Å². The molecule has 112 valence electrons. The molecule has 1 rings (SSSR count). The van der Waals surface area contributed by atoms with E-state index < -0.39 is 11.4 Å². The zero-order valence-corrected chi connectivity index (χ0v) is 12.1. The summed E-state index contributed by atoms with van der Waals surface area (Å²) in [5.41, 5.74) is -0.902. The number of amides is 2. The van der Waals surface area contributed by atoms with E-state index in [1.807, 2.05) is 13.8 Å². The van der Waals surface area contributed by atoms with Crippen LogP contribution < -0.4 is 5.32 Å². The van der Waals surface area contributed by atoms with Gasteiger partial charge in [-0.3, -0.25) is 4.79 Å². The Labute approximate surface area is 118 Å². The summed E-state index contributed by atoms with van der Waals surface area (Å²) in [5, 5.41) is 12.0. The Balaban J connectivity index is 2.55. The third kappa shape index (κ3) is 3.72. The van der Waals surface area contributed by atoms with E-state index in [4.69, 9.17) is 0 Å². The first-order chi connectivity index (χ1) is 9.45. The number of nitrogens with one attached hydrogen (secondary N) is 2. The Bertz CT molecular complexity index is 440. The van der Waals surface area contributed by atoms with Crippen molar-refractivity contribution in [2.45, 2.75) is 33.2 Å². The average molecular weight is 282 g/mol. The molecule has 0 saturated carbocycles. The standard InChI is InChI=1S/C13H22N4O3/c1-4-13(5-2,11(18)19)9-16-12(20)17(3)8-10-14-6-7-15-10/h6-7H,4-5,8-9H2,1-3H3,(H,14,15)(H,16,20)(H,18,19). The summed E-state index contributed by atoms with van der Waals surface area (Å²) in [6.45, 7) is 4.10. The van der Waals surface area contributed by atoms with Crippen LogP contribution in [0.5, 0.6) is 0 Å². The van der Waals surface area contributed by atoms with Crippen molar-refractivity contribution >= 4 is 12.0 Å². The van der Waals surface area contributed by atoms with E-state index in [1.54, 1.807) is 19.4 Å². The van der Waals surface area contributed by atoms with Gasteiger partial charge in [-0.15, -0.1) is 0 Å². The summed E-state index contributed by atoms with van der Waals surface area (Å²) in [7, 11) is 1.64. The normalized spacial score (nSPS) is 11.2. The average Bonchev–Trinajstić information content (AvgIpc) is 2.92. The van der Waals surface area contributed by atoms with Gasteiger partial charge >= 0.3 is 12.0 Å². The second-order valence-electron chi connectivity index (χ2n) is 4.84. The molecule has 7 nitrogen and oxygen atoms in total. The molecule has 0 unspecified atom stereocenters. The van der Waals surface area contributed by atoms with E-state index >= 15 is 0 Å². The molecule has 1 aromatic heterocycles. The summed E-state index contributed by atoms with van der Waals surface area (Å²) >= 11 is 0. The number of carbonyl (C=O) groups excluding carboxylic acids is 1. The van der Waals surface area contributed by atoms with Gasteiger partial charge in [0.2, 0.25) is 0 Å². The number of imidazole rings is 1. The number of aromatic amines is 1. The minimum absolute atomic E-state index is 0.122. The lowest BCUT2D eigenvalue weighted by atomic mass is 9.82. The van der Waals surface area contributed by atoms with Crippen LogP contribution in [0.4, 0.5) is 4.79 Å². The molecule has 1 heterocycles. The molecule has 0 spiro atoms. The van der Waals surface area contributed by atoms with Crippen LogP contribution in [0.1, 0.15) is 32.5 Å². The van der Waals surface area contributed by atoms with Crippen molar-refractivity contribution in [1.82, 2.24) is 20.2 Å². The van der Waals surface area contributed by atoms with Gasteiger partial charge in [0.05, 0.1) is 12.0 Å². The van der Waals surface area contributed by atoms with Crippen LogP contribution in [0.3, 0.4) is 0 Å². The minimum atomic E-state index is -0.902. The highest BCUT2D eigenvalue weighted by Crippen LogP contribution is 2.25. The van der Waals surface area contributed by atoms with Crippen molar-refractivity contribution in [2.24, 2.45) is 5.41 Å². The topological polar surface area (TPSA) is 98.3 Å². The van der Waals surface area contributed by atoms with Gasteiger partial charge in [-0.25, -0.2) is 9.78 Å². The van der Waals surface area contributed by atoms with E-state index in [0.29, 0.717) is 25.2 Å². The molecule has 1 aromatic rings. The molecule has 0 saturated heterocycles. The third-order valence-electron chi connectivity index (χ3n) is 3.67. The number of hydrogen-bond acceptors (Lipinski definition) is 3. The minimum Gasteiger partial charge on any atom is -0.481 e. The van der Waals surface area contributed by atoms with Crippen LogP contribution in [0.15, 0.2) is 12.4 Å². The lowest BCUT2D eigenvalue weighted by Crippen LogP contribution is -2.46. The molecule has 0 fully saturated rings. The maximum Gasteiger partial charge on any atom is 0.317 e. The van der Waals surface area contributed by atoms with Crippen LogP contribution >= 0.6 is 0 Å². The zero-order valence-electron chi connectivity index (χ0n) is 12.1. The first-order valence-electron chi connectivity index (χ1n) is 6.65. The molecule has 7 heteroatoms. The van der Waals surface area contributed by atoms with Gasteiger partial charge in [0.25, 0.3) is 0 Å². The Hall–Kier alpha value is -2.05. The number of nitrogens with zero attached hydrogens (tertiary/aromatic N) is 2. The number of carboxylic acids is 1. The fourth-order valence-corrected chi connectivity index (χ4v) is 1.94. The predicted molar refractivity (Wildman–Crippen MR) is 74.1 cm³/mol. The molecule has 0 radical (unpaired) electrons. The van der Waals surface area contributed by atoms with E-state index in [-0.39, 0.29) is 12.6 Å². The van der Waals surface area contributed by atoms with Crippen molar-refractivity contribution in [3.8, 4) is 0 Å². The lowest BCUT2D eigenvalue weighted by molar-refractivity contribution is -0.149. The van der Waals surface area contributed by atoms with E-state index in [9.17, 15) is 14.7 Å². The molecule has 0 aliphatic carbocycles. The monoisotopic (exact) mass is 282 g/mol. The Morgan fingerprint density at radius 1 is 1.45 bits per heavy atom. The molecule has 0 aliphatic heterocycles. The van der Waals surface area contributed by atoms with Crippen molar-refractivity contribution in [3.63, 3.8) is 0 Å². The van der Waals surface area contributed by atoms with E-state index in [1.165, 1.54) is 4.90 Å². The van der Waals surface area contributed by atoms with Gasteiger partial charge in [-0.1, -0.05) is 13.8 Å². The predicted octanol–water partition coefficient (Wildman–Crippen LogP) is 1.44. The second-order valence-corrected chi connectivity index (χ2v) is 4.84. The zero-order chi connectivity index (χ0) is 15.2. The highest BCUT2D eigenvalue weighted by Gasteiger charge is 2.35. The lowest BCUT2D eigenvalue weighted by Gasteiger charge is -2.28. The number of carbonyl (C=O) groups is 2. The van der Waals surface area contributed by atoms with Crippen LogP contribution in [0, 0.1) is 5.41 Å². The van der Waals surface area contributed by atoms with Crippen molar-refractivity contribution in [1.29, 1.82) is 0 Å². The number of H-pyrrole nitrogens is 1. The molecule has 2 amide bonds. The van der Waals surface area contributed by atoms with Gasteiger partial charge < -0.3 is 20.3 Å². The molecule has 0 atom stereocenters. The van der Waals surface area contributed by atoms with Crippen LogP contribution in [-0.2, 0) is 11.3 Å². The van der Waals surface area contributed by atoms with Crippen molar-refractivity contribution in [2.75, 3.05) is 13.6 Å². The fraction of sp³-hybridized carbons (Fsp3) is 0.615. The van der Waals surface area contributed by atoms with Gasteiger partial charge in [-0.05, 0) is 12.8 Å². The summed E-state index contributed by atoms with van der Waals surface area (Å²) in [6.07, 6.45) is 4.25. The molecule has 3 N–H and O–H groups in total. The van der Waals surface area contributed by atoms with E-state index in [2.05, 4.69) is 15.3 Å². The number of carboxylic acid groups (broad SMARTS) is 1. The van der Waals surface area contributed by atoms with Gasteiger partial charge in [0.15, 0.2) is 0 Å². The quantitative estimate of drug-likeness (QED) is 0.704. The first-order valence-corrected chi connectivity index (χ1v) is 6.65. The number of aromatic nitrogens is 2. The largest absolute Gasteiger partial charge is 0.481 e. The summed E-state index contributed by atoms with van der Waals surface area (Å²) in [6, 6.07) is -0.311. The Morgan fingerprint density at radius 2 is 2.10 bits per heavy atom. The summed E-state index contributed by atoms with van der Waals surface area (Å²) in [5.74, 6) is -0.199. The SMILES string of the molecule is CCC(CC)(CNC(=O)N(C)Cc1ncc[nH]1)C(=O)O. The first kappa shape index (κ1) is 16.0. The maximum absolute atomic E-state index is 12.0. The summed E-state index contributed by atoms with van der Waals surface area (Å²) in [4.78, 5) is 31.7. The van der Waals surface area contributed by atoms with Crippen molar-refractivity contribution < 1.29 is 14.7 Å². The van der Waals surface area contributed by atoms with Crippen LogP contribution in [0.2, 0.25) is 0 Å². The molecule has 0 bridgehead atoms. The fourth-order valence-electron chi connectivity index (χ4n) is 1.94. The molecular formula is C13H22N4O3. The molecule has 0 aliphatic rings. The smallest absolute Gasteiger partial charge is 0.317 e. The second kappa shape index (κ2) is 6.93. The number of urea groups is 1. The van der Waals surface area contributed by atoms with Crippen LogP contribution in [0.25, 0.3) is 0 Å². The van der Waals surface area contributed by atoms with Gasteiger partial charge in [0.1, 0.15) is 5.82 Å². The summed E-state index contributed by atoms with van der Waals surface area (Å²) < 4.78 is 0. The number of aliphatic carboxylic acids is 1. The van der Waals surface area contributed by atoms with Gasteiger partial charge in [0, 0.05) is 26.0 Å². The Morgan fingerprint density at radius 3 is 2.55 bits per heavy atom. The maximum atomic E-state index is 12.0.